The number of benzene rings is 2. The smallest absolute Gasteiger partial charge is 0.128 e. The fraction of sp³-hybridized carbons (Fsp3) is 0.200. The van der Waals surface area contributed by atoms with Gasteiger partial charge < -0.3 is 5.32 Å². The van der Waals surface area contributed by atoms with Crippen LogP contribution in [0.25, 0.3) is 0 Å². The highest BCUT2D eigenvalue weighted by Gasteiger charge is 2.10. The van der Waals surface area contributed by atoms with Gasteiger partial charge in [-0.25, -0.2) is 4.39 Å². The van der Waals surface area contributed by atoms with E-state index in [9.17, 15) is 4.39 Å². The summed E-state index contributed by atoms with van der Waals surface area (Å²) >= 11 is 11.9. The molecule has 2 aromatic carbocycles. The Balaban J connectivity index is 2.23. The Kier molecular flexibility index (Phi) is 4.33. The fourth-order valence-corrected chi connectivity index (χ4v) is 2.17. The lowest BCUT2D eigenvalue weighted by Gasteiger charge is -2.18. The maximum atomic E-state index is 13.5. The van der Waals surface area contributed by atoms with Crippen LogP contribution in [-0.2, 0) is 0 Å². The topological polar surface area (TPSA) is 12.0 Å². The number of hydrogen-bond acceptors (Lipinski definition) is 1. The molecule has 2 aromatic rings. The zero-order chi connectivity index (χ0) is 14.0. The van der Waals surface area contributed by atoms with Gasteiger partial charge in [-0.2, -0.15) is 0 Å². The van der Waals surface area contributed by atoms with Crippen molar-refractivity contribution in [1.29, 1.82) is 0 Å². The van der Waals surface area contributed by atoms with Crippen molar-refractivity contribution in [3.63, 3.8) is 0 Å². The molecule has 0 aliphatic rings. The second-order valence-corrected chi connectivity index (χ2v) is 5.27. The molecule has 1 atom stereocenters. The number of anilines is 1. The zero-order valence-electron chi connectivity index (χ0n) is 10.7. The Bertz CT molecular complexity index is 599. The summed E-state index contributed by atoms with van der Waals surface area (Å²) in [5.74, 6) is -0.216. The van der Waals surface area contributed by atoms with Crippen LogP contribution in [0.5, 0.6) is 0 Å². The van der Waals surface area contributed by atoms with E-state index >= 15 is 0 Å². The van der Waals surface area contributed by atoms with Crippen LogP contribution in [0.4, 0.5) is 10.1 Å². The quantitative estimate of drug-likeness (QED) is 0.776. The van der Waals surface area contributed by atoms with Crippen LogP contribution >= 0.6 is 23.2 Å². The first-order valence-electron chi connectivity index (χ1n) is 5.95. The number of halogens is 3. The Hall–Kier alpha value is -1.25. The van der Waals surface area contributed by atoms with E-state index in [0.29, 0.717) is 15.6 Å². The predicted molar refractivity (Wildman–Crippen MR) is 79.6 cm³/mol. The van der Waals surface area contributed by atoms with Crippen molar-refractivity contribution >= 4 is 28.9 Å². The SMILES string of the molecule is Cc1c(F)cccc1NC(C)c1ccc(Cl)c(Cl)c1. The second-order valence-electron chi connectivity index (χ2n) is 4.45. The number of rotatable bonds is 3. The molecule has 1 N–H and O–H groups in total. The van der Waals surface area contributed by atoms with E-state index in [4.69, 9.17) is 23.2 Å². The molecule has 0 amide bonds. The highest BCUT2D eigenvalue weighted by atomic mass is 35.5. The van der Waals surface area contributed by atoms with E-state index in [-0.39, 0.29) is 11.9 Å². The molecule has 4 heteroatoms. The third-order valence-electron chi connectivity index (χ3n) is 3.08. The van der Waals surface area contributed by atoms with E-state index in [1.807, 2.05) is 25.1 Å². The molecule has 0 aliphatic heterocycles. The van der Waals surface area contributed by atoms with E-state index in [1.165, 1.54) is 6.07 Å². The molecule has 2 rings (SSSR count). The minimum atomic E-state index is -0.216. The summed E-state index contributed by atoms with van der Waals surface area (Å²) in [6.45, 7) is 3.74. The summed E-state index contributed by atoms with van der Waals surface area (Å²) in [5.41, 5.74) is 2.38. The van der Waals surface area contributed by atoms with Gasteiger partial charge in [-0.05, 0) is 43.7 Å². The van der Waals surface area contributed by atoms with Crippen LogP contribution in [-0.4, -0.2) is 0 Å². The van der Waals surface area contributed by atoms with Gasteiger partial charge in [0.15, 0.2) is 0 Å². The first-order valence-corrected chi connectivity index (χ1v) is 6.71. The summed E-state index contributed by atoms with van der Waals surface area (Å²) < 4.78 is 13.5. The highest BCUT2D eigenvalue weighted by Crippen LogP contribution is 2.28. The lowest BCUT2D eigenvalue weighted by atomic mass is 10.1. The van der Waals surface area contributed by atoms with Crippen molar-refractivity contribution in [3.05, 3.63) is 63.4 Å². The van der Waals surface area contributed by atoms with E-state index in [1.54, 1.807) is 19.1 Å². The van der Waals surface area contributed by atoms with Crippen LogP contribution in [0.15, 0.2) is 36.4 Å². The average Bonchev–Trinajstić information content (AvgIpc) is 2.38. The molecule has 0 saturated heterocycles. The highest BCUT2D eigenvalue weighted by molar-refractivity contribution is 6.42. The second kappa shape index (κ2) is 5.81. The van der Waals surface area contributed by atoms with Gasteiger partial charge in [-0.3, -0.25) is 0 Å². The van der Waals surface area contributed by atoms with Crippen LogP contribution in [0, 0.1) is 12.7 Å². The Morgan fingerprint density at radius 2 is 1.84 bits per heavy atom. The van der Waals surface area contributed by atoms with Gasteiger partial charge in [0.1, 0.15) is 5.82 Å². The van der Waals surface area contributed by atoms with Crippen LogP contribution in [0.2, 0.25) is 10.0 Å². The van der Waals surface area contributed by atoms with E-state index in [0.717, 1.165) is 11.3 Å². The predicted octanol–water partition coefficient (Wildman–Crippen LogP) is 5.61. The molecule has 0 fully saturated rings. The number of hydrogen-bond donors (Lipinski definition) is 1. The first kappa shape index (κ1) is 14.2. The molecule has 1 unspecified atom stereocenters. The number of nitrogens with one attached hydrogen (secondary N) is 1. The van der Waals surface area contributed by atoms with E-state index in [2.05, 4.69) is 5.32 Å². The van der Waals surface area contributed by atoms with E-state index < -0.39 is 0 Å². The largest absolute Gasteiger partial charge is 0.378 e. The van der Waals surface area contributed by atoms with Gasteiger partial charge in [-0.15, -0.1) is 0 Å². The van der Waals surface area contributed by atoms with Gasteiger partial charge in [0, 0.05) is 17.3 Å². The maximum Gasteiger partial charge on any atom is 0.128 e. The molecule has 0 spiro atoms. The molecule has 0 aromatic heterocycles. The lowest BCUT2D eigenvalue weighted by Crippen LogP contribution is -2.08. The third kappa shape index (κ3) is 3.20. The van der Waals surface area contributed by atoms with Gasteiger partial charge in [0.2, 0.25) is 0 Å². The Morgan fingerprint density at radius 1 is 1.11 bits per heavy atom. The molecule has 100 valence electrons. The fourth-order valence-electron chi connectivity index (χ4n) is 1.86. The summed E-state index contributed by atoms with van der Waals surface area (Å²) in [6.07, 6.45) is 0. The maximum absolute atomic E-state index is 13.5. The monoisotopic (exact) mass is 297 g/mol. The molecule has 0 heterocycles. The lowest BCUT2D eigenvalue weighted by molar-refractivity contribution is 0.618. The van der Waals surface area contributed by atoms with Crippen molar-refractivity contribution in [2.24, 2.45) is 0 Å². The normalized spacial score (nSPS) is 12.3. The van der Waals surface area contributed by atoms with Crippen molar-refractivity contribution in [1.82, 2.24) is 0 Å². The molecule has 0 saturated carbocycles. The van der Waals surface area contributed by atoms with Crippen molar-refractivity contribution in [2.75, 3.05) is 5.32 Å². The van der Waals surface area contributed by atoms with Gasteiger partial charge >= 0.3 is 0 Å². The summed E-state index contributed by atoms with van der Waals surface area (Å²) in [5, 5.41) is 4.32. The molecule has 0 bridgehead atoms. The van der Waals surface area contributed by atoms with Gasteiger partial charge in [0.05, 0.1) is 10.0 Å². The first-order chi connectivity index (χ1) is 8.99. The van der Waals surface area contributed by atoms with Crippen molar-refractivity contribution < 1.29 is 4.39 Å². The average molecular weight is 298 g/mol. The Labute approximate surface area is 122 Å². The van der Waals surface area contributed by atoms with Crippen molar-refractivity contribution in [3.8, 4) is 0 Å². The van der Waals surface area contributed by atoms with Crippen LogP contribution in [0.3, 0.4) is 0 Å². The molecule has 0 radical (unpaired) electrons. The Morgan fingerprint density at radius 3 is 2.53 bits per heavy atom. The molecular weight excluding hydrogens is 284 g/mol. The standard InChI is InChI=1S/C15H14Cl2FN/c1-9-14(18)4-3-5-15(9)19-10(2)11-6-7-12(16)13(17)8-11/h3-8,10,19H,1-2H3. The summed E-state index contributed by atoms with van der Waals surface area (Å²) in [7, 11) is 0. The van der Waals surface area contributed by atoms with Crippen LogP contribution < -0.4 is 5.32 Å². The molecule has 0 aliphatic carbocycles. The minimum Gasteiger partial charge on any atom is -0.378 e. The summed E-state index contributed by atoms with van der Waals surface area (Å²) in [4.78, 5) is 0. The van der Waals surface area contributed by atoms with Crippen molar-refractivity contribution in [2.45, 2.75) is 19.9 Å². The third-order valence-corrected chi connectivity index (χ3v) is 3.82. The minimum absolute atomic E-state index is 0.00951. The summed E-state index contributed by atoms with van der Waals surface area (Å²) in [6, 6.07) is 10.5. The molecule has 1 nitrogen and oxygen atoms in total. The molecule has 19 heavy (non-hydrogen) atoms. The van der Waals surface area contributed by atoms with Gasteiger partial charge in [0.25, 0.3) is 0 Å². The van der Waals surface area contributed by atoms with Gasteiger partial charge in [-0.1, -0.05) is 35.3 Å². The zero-order valence-corrected chi connectivity index (χ0v) is 12.2. The van der Waals surface area contributed by atoms with Crippen LogP contribution in [0.1, 0.15) is 24.1 Å². The molecular formula is C15H14Cl2FN.